The van der Waals surface area contributed by atoms with Crippen molar-refractivity contribution in [3.05, 3.63) is 33.9 Å². The SMILES string of the molecule is CC#CCCNS(=O)(=O)c1ccc(C)c([N+](=O)[O-])c1. The summed E-state index contributed by atoms with van der Waals surface area (Å²) in [5.74, 6) is 5.38. The van der Waals surface area contributed by atoms with Gasteiger partial charge in [-0.2, -0.15) is 0 Å². The van der Waals surface area contributed by atoms with E-state index in [4.69, 9.17) is 0 Å². The van der Waals surface area contributed by atoms with Gasteiger partial charge in [-0.3, -0.25) is 10.1 Å². The highest BCUT2D eigenvalue weighted by Crippen LogP contribution is 2.21. The first kappa shape index (κ1) is 15.1. The molecule has 0 bridgehead atoms. The predicted molar refractivity (Wildman–Crippen MR) is 71.1 cm³/mol. The summed E-state index contributed by atoms with van der Waals surface area (Å²) in [5.41, 5.74) is 0.206. The van der Waals surface area contributed by atoms with Crippen molar-refractivity contribution in [2.45, 2.75) is 25.2 Å². The number of benzene rings is 1. The average Bonchev–Trinajstić information content (AvgIpc) is 2.34. The van der Waals surface area contributed by atoms with Crippen LogP contribution in [-0.2, 0) is 10.0 Å². The lowest BCUT2D eigenvalue weighted by Gasteiger charge is -2.06. The molecule has 1 aromatic rings. The smallest absolute Gasteiger partial charge is 0.258 e. The van der Waals surface area contributed by atoms with Crippen molar-refractivity contribution in [2.75, 3.05) is 6.54 Å². The van der Waals surface area contributed by atoms with E-state index >= 15 is 0 Å². The monoisotopic (exact) mass is 282 g/mol. The Morgan fingerprint density at radius 2 is 2.11 bits per heavy atom. The van der Waals surface area contributed by atoms with Gasteiger partial charge in [0, 0.05) is 24.6 Å². The lowest BCUT2D eigenvalue weighted by molar-refractivity contribution is -0.385. The zero-order valence-electron chi connectivity index (χ0n) is 10.6. The third-order valence-electron chi connectivity index (χ3n) is 2.41. The molecule has 102 valence electrons. The van der Waals surface area contributed by atoms with Crippen molar-refractivity contribution in [1.82, 2.24) is 4.72 Å². The van der Waals surface area contributed by atoms with Crippen LogP contribution < -0.4 is 4.72 Å². The van der Waals surface area contributed by atoms with Crippen molar-refractivity contribution in [3.8, 4) is 11.8 Å². The van der Waals surface area contributed by atoms with Gasteiger partial charge >= 0.3 is 0 Å². The van der Waals surface area contributed by atoms with E-state index in [1.54, 1.807) is 13.8 Å². The molecule has 0 aliphatic carbocycles. The van der Waals surface area contributed by atoms with Gasteiger partial charge in [0.15, 0.2) is 0 Å². The lowest BCUT2D eigenvalue weighted by Crippen LogP contribution is -2.24. The van der Waals surface area contributed by atoms with Crippen molar-refractivity contribution in [3.63, 3.8) is 0 Å². The molecular formula is C12H14N2O4S. The van der Waals surface area contributed by atoms with Crippen LogP contribution in [0.3, 0.4) is 0 Å². The minimum atomic E-state index is -3.74. The molecule has 0 fully saturated rings. The number of hydrogen-bond donors (Lipinski definition) is 1. The predicted octanol–water partition coefficient (Wildman–Crippen LogP) is 1.59. The molecule has 19 heavy (non-hydrogen) atoms. The van der Waals surface area contributed by atoms with Crippen molar-refractivity contribution < 1.29 is 13.3 Å². The fourth-order valence-corrected chi connectivity index (χ4v) is 2.46. The number of sulfonamides is 1. The maximum absolute atomic E-state index is 11.9. The van der Waals surface area contributed by atoms with Crippen molar-refractivity contribution in [1.29, 1.82) is 0 Å². The first-order valence-electron chi connectivity index (χ1n) is 5.53. The second kappa shape index (κ2) is 6.31. The molecule has 0 spiro atoms. The fourth-order valence-electron chi connectivity index (χ4n) is 1.41. The minimum absolute atomic E-state index is 0.116. The van der Waals surface area contributed by atoms with E-state index in [-0.39, 0.29) is 17.1 Å². The van der Waals surface area contributed by atoms with Gasteiger partial charge in [-0.1, -0.05) is 6.07 Å². The molecular weight excluding hydrogens is 268 g/mol. The number of nitro benzene ring substituents is 1. The molecule has 0 saturated carbocycles. The molecule has 0 atom stereocenters. The summed E-state index contributed by atoms with van der Waals surface area (Å²) in [5, 5.41) is 10.8. The minimum Gasteiger partial charge on any atom is -0.258 e. The van der Waals surface area contributed by atoms with Crippen molar-refractivity contribution in [2.24, 2.45) is 0 Å². The van der Waals surface area contributed by atoms with Crippen LogP contribution in [0.2, 0.25) is 0 Å². The van der Waals surface area contributed by atoms with Gasteiger partial charge in [-0.25, -0.2) is 13.1 Å². The summed E-state index contributed by atoms with van der Waals surface area (Å²) >= 11 is 0. The summed E-state index contributed by atoms with van der Waals surface area (Å²) < 4.78 is 26.1. The Kier molecular flexibility index (Phi) is 5.03. The normalized spacial score (nSPS) is 10.6. The number of nitrogens with zero attached hydrogens (tertiary/aromatic N) is 1. The highest BCUT2D eigenvalue weighted by Gasteiger charge is 2.19. The van der Waals surface area contributed by atoms with Crippen LogP contribution in [0.4, 0.5) is 5.69 Å². The molecule has 6 nitrogen and oxygen atoms in total. The lowest BCUT2D eigenvalue weighted by atomic mass is 10.2. The molecule has 0 aromatic heterocycles. The maximum Gasteiger partial charge on any atom is 0.273 e. The van der Waals surface area contributed by atoms with Crippen LogP contribution in [0.25, 0.3) is 0 Å². The topological polar surface area (TPSA) is 89.3 Å². The maximum atomic E-state index is 11.9. The van der Waals surface area contributed by atoms with Crippen LogP contribution >= 0.6 is 0 Å². The molecule has 0 amide bonds. The summed E-state index contributed by atoms with van der Waals surface area (Å²) in [6, 6.07) is 3.82. The third-order valence-corrected chi connectivity index (χ3v) is 3.87. The van der Waals surface area contributed by atoms with Crippen LogP contribution in [-0.4, -0.2) is 19.9 Å². The molecule has 1 N–H and O–H groups in total. The highest BCUT2D eigenvalue weighted by atomic mass is 32.2. The Morgan fingerprint density at radius 3 is 2.68 bits per heavy atom. The van der Waals surface area contributed by atoms with Gasteiger partial charge in [0.1, 0.15) is 0 Å². The summed E-state index contributed by atoms with van der Waals surface area (Å²) in [6.45, 7) is 3.39. The molecule has 0 radical (unpaired) electrons. The molecule has 1 aromatic carbocycles. The molecule has 7 heteroatoms. The number of nitrogens with one attached hydrogen (secondary N) is 1. The summed E-state index contributed by atoms with van der Waals surface area (Å²) in [4.78, 5) is 10.1. The Balaban J connectivity index is 2.97. The van der Waals surface area contributed by atoms with Crippen LogP contribution in [0, 0.1) is 28.9 Å². The van der Waals surface area contributed by atoms with Crippen LogP contribution in [0.1, 0.15) is 18.9 Å². The Morgan fingerprint density at radius 1 is 1.42 bits per heavy atom. The Labute approximate surface area is 112 Å². The standard InChI is InChI=1S/C12H14N2O4S/c1-3-4-5-8-13-19(17,18)11-7-6-10(2)12(9-11)14(15)16/h6-7,9,13H,5,8H2,1-2H3. The van der Waals surface area contributed by atoms with Gasteiger partial charge in [-0.05, 0) is 19.9 Å². The molecule has 0 heterocycles. The second-order valence-corrected chi connectivity index (χ2v) is 5.55. The molecule has 0 aliphatic heterocycles. The number of rotatable bonds is 5. The van der Waals surface area contributed by atoms with Gasteiger partial charge in [0.2, 0.25) is 10.0 Å². The van der Waals surface area contributed by atoms with E-state index < -0.39 is 14.9 Å². The van der Waals surface area contributed by atoms with Gasteiger partial charge < -0.3 is 0 Å². The van der Waals surface area contributed by atoms with E-state index in [2.05, 4.69) is 16.6 Å². The van der Waals surface area contributed by atoms with Crippen LogP contribution in [0.5, 0.6) is 0 Å². The summed E-state index contributed by atoms with van der Waals surface area (Å²) in [7, 11) is -3.74. The largest absolute Gasteiger partial charge is 0.273 e. The molecule has 0 unspecified atom stereocenters. The highest BCUT2D eigenvalue weighted by molar-refractivity contribution is 7.89. The Bertz CT molecular complexity index is 641. The van der Waals surface area contributed by atoms with E-state index in [0.717, 1.165) is 6.07 Å². The average molecular weight is 282 g/mol. The molecule has 0 saturated heterocycles. The number of nitro groups is 1. The number of aryl methyl sites for hydroxylation is 1. The first-order chi connectivity index (χ1) is 8.88. The third kappa shape index (κ3) is 4.05. The molecule has 1 rings (SSSR count). The Hall–Kier alpha value is -1.91. The molecule has 0 aliphatic rings. The van der Waals surface area contributed by atoms with E-state index in [1.807, 2.05) is 0 Å². The fraction of sp³-hybridized carbons (Fsp3) is 0.333. The zero-order chi connectivity index (χ0) is 14.5. The van der Waals surface area contributed by atoms with E-state index in [1.165, 1.54) is 12.1 Å². The van der Waals surface area contributed by atoms with Crippen LogP contribution in [0.15, 0.2) is 23.1 Å². The quantitative estimate of drug-likeness (QED) is 0.384. The van der Waals surface area contributed by atoms with E-state index in [0.29, 0.717) is 12.0 Å². The van der Waals surface area contributed by atoms with Gasteiger partial charge in [0.25, 0.3) is 5.69 Å². The van der Waals surface area contributed by atoms with Crippen molar-refractivity contribution >= 4 is 15.7 Å². The zero-order valence-corrected chi connectivity index (χ0v) is 11.5. The van der Waals surface area contributed by atoms with E-state index in [9.17, 15) is 18.5 Å². The first-order valence-corrected chi connectivity index (χ1v) is 7.01. The number of hydrogen-bond acceptors (Lipinski definition) is 4. The van der Waals surface area contributed by atoms with Gasteiger partial charge in [-0.15, -0.1) is 11.8 Å². The second-order valence-electron chi connectivity index (χ2n) is 3.78. The van der Waals surface area contributed by atoms with Gasteiger partial charge in [0.05, 0.1) is 9.82 Å². The summed E-state index contributed by atoms with van der Waals surface area (Å²) in [6.07, 6.45) is 0.393.